The van der Waals surface area contributed by atoms with E-state index in [1.165, 1.54) is 6.42 Å². The zero-order chi connectivity index (χ0) is 15.2. The first kappa shape index (κ1) is 17.9. The summed E-state index contributed by atoms with van der Waals surface area (Å²) in [5.41, 5.74) is 5.83. The lowest BCUT2D eigenvalue weighted by molar-refractivity contribution is 0.193. The van der Waals surface area contributed by atoms with Crippen LogP contribution in [0, 0.1) is 5.92 Å². The molecule has 1 saturated carbocycles. The van der Waals surface area contributed by atoms with Gasteiger partial charge in [-0.3, -0.25) is 0 Å². The molecule has 0 radical (unpaired) electrons. The average molecular weight is 305 g/mol. The minimum atomic E-state index is -3.36. The van der Waals surface area contributed by atoms with Crippen LogP contribution in [0.4, 0.5) is 0 Å². The molecule has 0 aromatic heterocycles. The molecule has 1 rings (SSSR count). The lowest BCUT2D eigenvalue weighted by Gasteiger charge is -2.39. The molecule has 0 heterocycles. The van der Waals surface area contributed by atoms with E-state index in [1.54, 1.807) is 15.7 Å². The highest BCUT2D eigenvalue weighted by atomic mass is 32.2. The van der Waals surface area contributed by atoms with Crippen molar-refractivity contribution < 1.29 is 8.42 Å². The molecule has 6 heteroatoms. The van der Waals surface area contributed by atoms with Crippen LogP contribution in [0.3, 0.4) is 0 Å². The Morgan fingerprint density at radius 2 is 1.65 bits per heavy atom. The summed E-state index contributed by atoms with van der Waals surface area (Å²) >= 11 is 0. The summed E-state index contributed by atoms with van der Waals surface area (Å²) in [6.07, 6.45) is 5.94. The maximum Gasteiger partial charge on any atom is 0.281 e. The van der Waals surface area contributed by atoms with E-state index < -0.39 is 10.2 Å². The number of rotatable bonds is 8. The van der Waals surface area contributed by atoms with Crippen LogP contribution in [0.1, 0.15) is 52.4 Å². The van der Waals surface area contributed by atoms with E-state index in [1.807, 2.05) is 13.8 Å². The second kappa shape index (κ2) is 8.32. The summed E-state index contributed by atoms with van der Waals surface area (Å²) in [6, 6.07) is 0.0648. The van der Waals surface area contributed by atoms with E-state index in [2.05, 4.69) is 0 Å². The molecule has 2 unspecified atom stereocenters. The Labute approximate surface area is 124 Å². The van der Waals surface area contributed by atoms with Crippen LogP contribution in [0.15, 0.2) is 0 Å². The van der Waals surface area contributed by atoms with Gasteiger partial charge in [0.25, 0.3) is 10.2 Å². The van der Waals surface area contributed by atoms with Gasteiger partial charge < -0.3 is 5.73 Å². The van der Waals surface area contributed by atoms with Crippen LogP contribution in [0.25, 0.3) is 0 Å². The molecule has 120 valence electrons. The first-order valence-electron chi connectivity index (χ1n) is 7.92. The summed E-state index contributed by atoms with van der Waals surface area (Å²) in [6.45, 7) is 5.80. The van der Waals surface area contributed by atoms with E-state index in [0.717, 1.165) is 32.1 Å². The molecule has 0 spiro atoms. The Morgan fingerprint density at radius 1 is 1.10 bits per heavy atom. The maximum absolute atomic E-state index is 12.8. The Kier molecular flexibility index (Phi) is 7.43. The Hall–Kier alpha value is -0.170. The van der Waals surface area contributed by atoms with E-state index in [-0.39, 0.29) is 6.04 Å². The smallest absolute Gasteiger partial charge is 0.281 e. The van der Waals surface area contributed by atoms with Crippen molar-refractivity contribution in [3.05, 3.63) is 0 Å². The van der Waals surface area contributed by atoms with Gasteiger partial charge in [-0.25, -0.2) is 0 Å². The third-order valence-corrected chi connectivity index (χ3v) is 6.29. The van der Waals surface area contributed by atoms with Crippen molar-refractivity contribution in [1.29, 1.82) is 0 Å². The number of hydrogen-bond donors (Lipinski definition) is 1. The Balaban J connectivity index is 2.87. The van der Waals surface area contributed by atoms with Gasteiger partial charge in [0.2, 0.25) is 0 Å². The highest BCUT2D eigenvalue weighted by Gasteiger charge is 2.36. The van der Waals surface area contributed by atoms with Gasteiger partial charge in [-0.1, -0.05) is 26.7 Å². The summed E-state index contributed by atoms with van der Waals surface area (Å²) in [5, 5.41) is 0. The van der Waals surface area contributed by atoms with Crippen molar-refractivity contribution in [2.24, 2.45) is 11.7 Å². The predicted molar refractivity (Wildman–Crippen MR) is 83.6 cm³/mol. The van der Waals surface area contributed by atoms with Gasteiger partial charge >= 0.3 is 0 Å². The fourth-order valence-electron chi connectivity index (χ4n) is 3.14. The summed E-state index contributed by atoms with van der Waals surface area (Å²) in [4.78, 5) is 0. The summed E-state index contributed by atoms with van der Waals surface area (Å²) < 4.78 is 28.8. The molecule has 0 aromatic carbocycles. The first-order chi connectivity index (χ1) is 9.48. The van der Waals surface area contributed by atoms with E-state index in [4.69, 9.17) is 5.73 Å². The van der Waals surface area contributed by atoms with Crippen LogP contribution >= 0.6 is 0 Å². The minimum absolute atomic E-state index is 0.0648. The monoisotopic (exact) mass is 305 g/mol. The number of nitrogens with two attached hydrogens (primary N) is 1. The Bertz CT molecular complexity index is 367. The highest BCUT2D eigenvalue weighted by molar-refractivity contribution is 7.86. The second-order valence-electron chi connectivity index (χ2n) is 5.77. The molecule has 2 atom stereocenters. The molecule has 0 saturated heterocycles. The zero-order valence-corrected chi connectivity index (χ0v) is 14.0. The van der Waals surface area contributed by atoms with Crippen molar-refractivity contribution in [2.75, 3.05) is 26.7 Å². The molecular weight excluding hydrogens is 274 g/mol. The molecule has 0 bridgehead atoms. The van der Waals surface area contributed by atoms with E-state index in [0.29, 0.717) is 25.6 Å². The topological polar surface area (TPSA) is 66.6 Å². The lowest BCUT2D eigenvalue weighted by atomic mass is 9.85. The molecule has 0 amide bonds. The molecule has 0 aromatic rings. The first-order valence-corrected chi connectivity index (χ1v) is 9.31. The van der Waals surface area contributed by atoms with Gasteiger partial charge in [-0.15, -0.1) is 0 Å². The van der Waals surface area contributed by atoms with Crippen LogP contribution in [0.5, 0.6) is 0 Å². The highest BCUT2D eigenvalue weighted by Crippen LogP contribution is 2.29. The van der Waals surface area contributed by atoms with Gasteiger partial charge in [-0.05, 0) is 38.1 Å². The van der Waals surface area contributed by atoms with Crippen molar-refractivity contribution in [3.63, 3.8) is 0 Å². The average Bonchev–Trinajstić information content (AvgIpc) is 2.46. The minimum Gasteiger partial charge on any atom is -0.330 e. The SMILES string of the molecule is CCCN(CCC)S(=O)(=O)N(C)C1CCCCC1CN. The van der Waals surface area contributed by atoms with Crippen molar-refractivity contribution >= 4 is 10.2 Å². The van der Waals surface area contributed by atoms with Gasteiger partial charge in [0.15, 0.2) is 0 Å². The summed E-state index contributed by atoms with van der Waals surface area (Å²) in [7, 11) is -1.63. The molecule has 20 heavy (non-hydrogen) atoms. The largest absolute Gasteiger partial charge is 0.330 e. The molecule has 2 N–H and O–H groups in total. The van der Waals surface area contributed by atoms with Crippen molar-refractivity contribution in [3.8, 4) is 0 Å². The second-order valence-corrected chi connectivity index (χ2v) is 7.76. The zero-order valence-electron chi connectivity index (χ0n) is 13.2. The quantitative estimate of drug-likeness (QED) is 0.743. The van der Waals surface area contributed by atoms with Gasteiger partial charge in [0.1, 0.15) is 0 Å². The van der Waals surface area contributed by atoms with Crippen molar-refractivity contribution in [2.45, 2.75) is 58.4 Å². The predicted octanol–water partition coefficient (Wildman–Crippen LogP) is 1.80. The van der Waals surface area contributed by atoms with Crippen LogP contribution in [-0.4, -0.2) is 49.8 Å². The van der Waals surface area contributed by atoms with Gasteiger partial charge in [0, 0.05) is 26.2 Å². The lowest BCUT2D eigenvalue weighted by Crippen LogP contribution is -2.51. The van der Waals surface area contributed by atoms with Crippen LogP contribution in [0.2, 0.25) is 0 Å². The fourth-order valence-corrected chi connectivity index (χ4v) is 4.95. The van der Waals surface area contributed by atoms with Gasteiger partial charge in [-0.2, -0.15) is 17.0 Å². The standard InChI is InChI=1S/C14H31N3O2S/c1-4-10-17(11-5-2)20(18,19)16(3)14-9-7-6-8-13(14)12-15/h13-14H,4-12,15H2,1-3H3. The molecule has 0 aliphatic heterocycles. The molecular formula is C14H31N3O2S. The van der Waals surface area contributed by atoms with Crippen molar-refractivity contribution in [1.82, 2.24) is 8.61 Å². The third kappa shape index (κ3) is 4.16. The summed E-state index contributed by atoms with van der Waals surface area (Å²) in [5.74, 6) is 0.300. The third-order valence-electron chi connectivity index (χ3n) is 4.27. The molecule has 1 aliphatic carbocycles. The molecule has 1 fully saturated rings. The van der Waals surface area contributed by atoms with Crippen LogP contribution < -0.4 is 5.73 Å². The number of nitrogens with zero attached hydrogens (tertiary/aromatic N) is 2. The fraction of sp³-hybridized carbons (Fsp3) is 1.00. The maximum atomic E-state index is 12.8. The van der Waals surface area contributed by atoms with E-state index >= 15 is 0 Å². The normalized spacial score (nSPS) is 24.5. The Morgan fingerprint density at radius 3 is 2.15 bits per heavy atom. The molecule has 1 aliphatic rings. The number of hydrogen-bond acceptors (Lipinski definition) is 3. The molecule has 5 nitrogen and oxygen atoms in total. The van der Waals surface area contributed by atoms with Crippen LogP contribution in [-0.2, 0) is 10.2 Å². The van der Waals surface area contributed by atoms with E-state index in [9.17, 15) is 8.42 Å². The van der Waals surface area contributed by atoms with Gasteiger partial charge in [0.05, 0.1) is 0 Å².